The van der Waals surface area contributed by atoms with E-state index in [-0.39, 0.29) is 42.7 Å². The highest BCUT2D eigenvalue weighted by Crippen LogP contribution is 2.29. The smallest absolute Gasteiger partial charge is 0.258 e. The molecule has 1 aromatic heterocycles. The number of fused-ring (bicyclic) bond motifs is 6. The number of carbonyl (C=O) groups excluding carboxylic acids is 3. The van der Waals surface area contributed by atoms with E-state index in [0.717, 1.165) is 0 Å². The summed E-state index contributed by atoms with van der Waals surface area (Å²) in [4.78, 5) is 45.3. The molecule has 2 N–H and O–H groups in total. The molecule has 3 amide bonds. The molecule has 4 bridgehead atoms. The molecule has 222 valence electrons. The third-order valence-electron chi connectivity index (χ3n) is 7.38. The normalized spacial score (nSPS) is 19.0. The van der Waals surface area contributed by atoms with Crippen molar-refractivity contribution in [2.45, 2.75) is 32.0 Å². The average molecular weight is 589 g/mol. The molecule has 1 fully saturated rings. The van der Waals surface area contributed by atoms with E-state index in [9.17, 15) is 18.8 Å². The van der Waals surface area contributed by atoms with E-state index in [1.165, 1.54) is 25.3 Å². The first-order valence-corrected chi connectivity index (χ1v) is 13.8. The molecule has 4 aromatic rings. The zero-order valence-electron chi connectivity index (χ0n) is 23.5. The second-order valence-electron chi connectivity index (χ2n) is 10.4. The summed E-state index contributed by atoms with van der Waals surface area (Å²) >= 11 is 0. The molecule has 0 aliphatic carbocycles. The van der Waals surface area contributed by atoms with Crippen LogP contribution in [-0.4, -0.2) is 66.6 Å². The van der Waals surface area contributed by atoms with Gasteiger partial charge in [-0.15, -0.1) is 0 Å². The van der Waals surface area contributed by atoms with Crippen LogP contribution in [0, 0.1) is 12.7 Å². The monoisotopic (exact) mass is 588 g/mol. The maximum Gasteiger partial charge on any atom is 0.258 e. The van der Waals surface area contributed by atoms with Crippen LogP contribution in [0.25, 0.3) is 11.1 Å². The minimum absolute atomic E-state index is 0.0529. The first-order valence-electron chi connectivity index (χ1n) is 13.8. The van der Waals surface area contributed by atoms with Crippen molar-refractivity contribution in [3.8, 4) is 17.2 Å². The number of likely N-dealkylation sites (tertiary alicyclic amines) is 1. The van der Waals surface area contributed by atoms with Crippen molar-refractivity contribution >= 4 is 28.8 Å². The van der Waals surface area contributed by atoms with E-state index < -0.39 is 29.8 Å². The lowest BCUT2D eigenvalue weighted by molar-refractivity contribution is -0.125. The fourth-order valence-electron chi connectivity index (χ4n) is 5.32. The summed E-state index contributed by atoms with van der Waals surface area (Å²) in [5.41, 5.74) is 2.36. The molecule has 0 saturated carbocycles. The zero-order valence-corrected chi connectivity index (χ0v) is 23.5. The average Bonchev–Trinajstić information content (AvgIpc) is 3.37. The molecule has 2 aliphatic heterocycles. The molecule has 0 unspecified atom stereocenters. The minimum Gasteiger partial charge on any atom is -0.493 e. The molecule has 11 nitrogen and oxygen atoms in total. The van der Waals surface area contributed by atoms with Crippen LogP contribution in [0.4, 0.5) is 4.39 Å². The van der Waals surface area contributed by atoms with Crippen LogP contribution in [-0.2, 0) is 11.3 Å². The van der Waals surface area contributed by atoms with E-state index in [4.69, 9.17) is 18.6 Å². The predicted octanol–water partition coefficient (Wildman–Crippen LogP) is 3.38. The van der Waals surface area contributed by atoms with Gasteiger partial charge in [-0.2, -0.15) is 0 Å². The number of aromatic nitrogens is 1. The number of methoxy groups -OCH3 is 1. The van der Waals surface area contributed by atoms with Crippen molar-refractivity contribution in [3.05, 3.63) is 83.0 Å². The van der Waals surface area contributed by atoms with Gasteiger partial charge in [0.15, 0.2) is 29.6 Å². The highest BCUT2D eigenvalue weighted by atomic mass is 19.1. The number of hydrogen-bond donors (Lipinski definition) is 2. The summed E-state index contributed by atoms with van der Waals surface area (Å²) in [7, 11) is 1.45. The Bertz CT molecular complexity index is 1720. The highest BCUT2D eigenvalue weighted by Gasteiger charge is 2.35. The standard InChI is InChI=1S/C31H29FN4O7/c1-17-34-23-5-3-20(12-27(23)42-17)31(39)36-8-7-25-24(15-36)35-29(37)16-41-28-11-19(4-6-26(28)40-2)30(38)33-14-18-9-21(32)13-22(10-18)43-25/h3-6,9-13,24-25H,7-8,14-16H2,1-2H3,(H,33,38)(H,35,37)/t24-,25+/m1/s1. The van der Waals surface area contributed by atoms with E-state index in [2.05, 4.69) is 15.6 Å². The Balaban J connectivity index is 1.28. The zero-order chi connectivity index (χ0) is 30.1. The molecule has 0 spiro atoms. The van der Waals surface area contributed by atoms with Gasteiger partial charge in [-0.1, -0.05) is 0 Å². The second-order valence-corrected chi connectivity index (χ2v) is 10.4. The number of carbonyl (C=O) groups is 3. The highest BCUT2D eigenvalue weighted by molar-refractivity contribution is 5.97. The Labute approximate surface area is 245 Å². The maximum atomic E-state index is 14.6. The van der Waals surface area contributed by atoms with Gasteiger partial charge in [0.1, 0.15) is 23.2 Å². The number of hydrogen-bond acceptors (Lipinski definition) is 8. The number of benzene rings is 3. The van der Waals surface area contributed by atoms with Crippen LogP contribution in [0.3, 0.4) is 0 Å². The SMILES string of the molecule is COc1ccc2cc1OCC(=O)N[C@@H]1CN(C(=O)c3ccc4nc(C)oc4c3)CC[C@@H]1Oc1cc(F)cc(c1)CNC2=O. The topological polar surface area (TPSA) is 132 Å². The summed E-state index contributed by atoms with van der Waals surface area (Å²) in [6, 6.07) is 13.2. The lowest BCUT2D eigenvalue weighted by Gasteiger charge is -2.39. The summed E-state index contributed by atoms with van der Waals surface area (Å²) < 4.78 is 37.5. The third-order valence-corrected chi connectivity index (χ3v) is 7.38. The number of halogens is 1. The van der Waals surface area contributed by atoms with Crippen LogP contribution >= 0.6 is 0 Å². The fourth-order valence-corrected chi connectivity index (χ4v) is 5.32. The van der Waals surface area contributed by atoms with Crippen LogP contribution in [0.15, 0.2) is 59.0 Å². The first kappa shape index (κ1) is 28.0. The molecule has 2 atom stereocenters. The van der Waals surface area contributed by atoms with Gasteiger partial charge in [-0.3, -0.25) is 14.4 Å². The van der Waals surface area contributed by atoms with Gasteiger partial charge < -0.3 is 34.2 Å². The van der Waals surface area contributed by atoms with Gasteiger partial charge in [0.25, 0.3) is 17.7 Å². The molecule has 1 saturated heterocycles. The van der Waals surface area contributed by atoms with Crippen molar-refractivity contribution in [2.24, 2.45) is 0 Å². The number of nitrogens with zero attached hydrogens (tertiary/aromatic N) is 2. The number of piperidine rings is 1. The Kier molecular flexibility index (Phi) is 7.58. The van der Waals surface area contributed by atoms with E-state index in [1.807, 2.05) is 0 Å². The lowest BCUT2D eigenvalue weighted by atomic mass is 10.00. The molecule has 12 heteroatoms. The van der Waals surface area contributed by atoms with Crippen molar-refractivity contribution in [3.63, 3.8) is 0 Å². The van der Waals surface area contributed by atoms with Gasteiger partial charge in [-0.05, 0) is 54.1 Å². The number of amides is 3. The number of aryl methyl sites for hydroxylation is 1. The number of oxazole rings is 1. The molecular weight excluding hydrogens is 559 g/mol. The first-order chi connectivity index (χ1) is 20.7. The van der Waals surface area contributed by atoms with Gasteiger partial charge in [0, 0.05) is 50.2 Å². The minimum atomic E-state index is -0.641. The fraction of sp³-hybridized carbons (Fsp3) is 0.290. The molecule has 6 rings (SSSR count). The van der Waals surface area contributed by atoms with E-state index in [1.54, 1.807) is 48.2 Å². The Morgan fingerprint density at radius 1 is 1.12 bits per heavy atom. The Morgan fingerprint density at radius 3 is 2.81 bits per heavy atom. The van der Waals surface area contributed by atoms with Crippen molar-refractivity contribution in [2.75, 3.05) is 26.8 Å². The maximum absolute atomic E-state index is 14.6. The third kappa shape index (κ3) is 6.08. The predicted molar refractivity (Wildman–Crippen MR) is 152 cm³/mol. The molecule has 3 aromatic carbocycles. The van der Waals surface area contributed by atoms with Crippen molar-refractivity contribution < 1.29 is 37.4 Å². The summed E-state index contributed by atoms with van der Waals surface area (Å²) in [6.45, 7) is 1.88. The molecule has 0 radical (unpaired) electrons. The van der Waals surface area contributed by atoms with Gasteiger partial charge in [-0.25, -0.2) is 9.37 Å². The molecule has 2 aliphatic rings. The van der Waals surface area contributed by atoms with Crippen LogP contribution in [0.1, 0.15) is 38.6 Å². The van der Waals surface area contributed by atoms with E-state index >= 15 is 0 Å². The lowest BCUT2D eigenvalue weighted by Crippen LogP contribution is -2.58. The molecule has 3 heterocycles. The molecule has 43 heavy (non-hydrogen) atoms. The van der Waals surface area contributed by atoms with Crippen LogP contribution < -0.4 is 24.8 Å². The summed E-state index contributed by atoms with van der Waals surface area (Å²) in [5.74, 6) is -0.366. The van der Waals surface area contributed by atoms with Crippen LogP contribution in [0.5, 0.6) is 17.2 Å². The number of rotatable bonds is 2. The number of ether oxygens (including phenoxy) is 3. The van der Waals surface area contributed by atoms with Crippen molar-refractivity contribution in [1.29, 1.82) is 0 Å². The van der Waals surface area contributed by atoms with Gasteiger partial charge in [0.2, 0.25) is 0 Å². The molecular formula is C31H29FN4O7. The van der Waals surface area contributed by atoms with Gasteiger partial charge >= 0.3 is 0 Å². The van der Waals surface area contributed by atoms with E-state index in [0.29, 0.717) is 46.8 Å². The number of nitrogens with one attached hydrogen (secondary N) is 2. The van der Waals surface area contributed by atoms with Crippen molar-refractivity contribution in [1.82, 2.24) is 20.5 Å². The summed E-state index contributed by atoms with van der Waals surface area (Å²) in [5, 5.41) is 5.69. The van der Waals surface area contributed by atoms with Crippen LogP contribution in [0.2, 0.25) is 0 Å². The van der Waals surface area contributed by atoms with Gasteiger partial charge in [0.05, 0.1) is 13.2 Å². The Hall–Kier alpha value is -5.13. The second kappa shape index (κ2) is 11.6. The largest absolute Gasteiger partial charge is 0.493 e. The quantitative estimate of drug-likeness (QED) is 0.364. The summed E-state index contributed by atoms with van der Waals surface area (Å²) in [6.07, 6.45) is -0.220. The Morgan fingerprint density at radius 2 is 1.98 bits per heavy atom.